The zero-order valence-electron chi connectivity index (χ0n) is 11.0. The van der Waals surface area contributed by atoms with Gasteiger partial charge in [-0.05, 0) is 36.5 Å². The Bertz CT molecular complexity index is 442. The predicted molar refractivity (Wildman–Crippen MR) is 83.7 cm³/mol. The Morgan fingerprint density at radius 2 is 2.00 bits per heavy atom. The molecule has 0 spiro atoms. The van der Waals surface area contributed by atoms with Crippen LogP contribution in [0.2, 0.25) is 5.02 Å². The van der Waals surface area contributed by atoms with Gasteiger partial charge in [0.05, 0.1) is 0 Å². The minimum absolute atomic E-state index is 0.558. The van der Waals surface area contributed by atoms with Crippen molar-refractivity contribution in [3.63, 3.8) is 0 Å². The quantitative estimate of drug-likeness (QED) is 0.897. The summed E-state index contributed by atoms with van der Waals surface area (Å²) in [7, 11) is 0. The molecule has 0 unspecified atom stereocenters. The van der Waals surface area contributed by atoms with E-state index in [1.807, 2.05) is 12.1 Å². The lowest BCUT2D eigenvalue weighted by atomic mass is 9.76. The third-order valence-corrected chi connectivity index (χ3v) is 5.34. The lowest BCUT2D eigenvalue weighted by molar-refractivity contribution is 0.0832. The average Bonchev–Trinajstić information content (AvgIpc) is 2.35. The standard InChI is InChI=1S/C15H20BrClN2/c16-14-10-12(17)4-5-13(14)15(11-2-1-3-11)19-8-6-18-7-9-19/h4-5,10-11,15,18H,1-3,6-9H2/t15-/m0/s1. The zero-order chi connectivity index (χ0) is 13.2. The van der Waals surface area contributed by atoms with Crippen LogP contribution in [0.15, 0.2) is 22.7 Å². The van der Waals surface area contributed by atoms with Gasteiger partial charge < -0.3 is 5.32 Å². The van der Waals surface area contributed by atoms with Crippen LogP contribution in [-0.4, -0.2) is 31.1 Å². The van der Waals surface area contributed by atoms with Crippen molar-refractivity contribution in [1.82, 2.24) is 10.2 Å². The van der Waals surface area contributed by atoms with Crippen molar-refractivity contribution in [3.05, 3.63) is 33.3 Å². The van der Waals surface area contributed by atoms with Crippen molar-refractivity contribution < 1.29 is 0 Å². The summed E-state index contributed by atoms with van der Waals surface area (Å²) >= 11 is 9.79. The molecule has 2 aliphatic rings. The number of benzene rings is 1. The molecule has 1 aliphatic heterocycles. The highest BCUT2D eigenvalue weighted by molar-refractivity contribution is 9.10. The molecule has 1 aliphatic carbocycles. The van der Waals surface area contributed by atoms with Crippen LogP contribution in [0.5, 0.6) is 0 Å². The van der Waals surface area contributed by atoms with Crippen LogP contribution in [0.4, 0.5) is 0 Å². The van der Waals surface area contributed by atoms with Gasteiger partial charge in [-0.1, -0.05) is 40.0 Å². The van der Waals surface area contributed by atoms with E-state index in [1.54, 1.807) is 0 Å². The SMILES string of the molecule is Clc1ccc([C@H](C2CCC2)N2CCNCC2)c(Br)c1. The number of halogens is 2. The van der Waals surface area contributed by atoms with E-state index in [-0.39, 0.29) is 0 Å². The second-order valence-electron chi connectivity index (χ2n) is 5.59. The highest BCUT2D eigenvalue weighted by Gasteiger charge is 2.34. The van der Waals surface area contributed by atoms with E-state index in [0.717, 1.165) is 41.6 Å². The molecule has 1 aromatic carbocycles. The molecule has 1 atom stereocenters. The van der Waals surface area contributed by atoms with Gasteiger partial charge in [0.2, 0.25) is 0 Å². The van der Waals surface area contributed by atoms with Crippen LogP contribution < -0.4 is 5.32 Å². The van der Waals surface area contributed by atoms with Crippen molar-refractivity contribution in [3.8, 4) is 0 Å². The van der Waals surface area contributed by atoms with Crippen LogP contribution in [-0.2, 0) is 0 Å². The molecule has 104 valence electrons. The molecule has 4 heteroatoms. The van der Waals surface area contributed by atoms with Crippen LogP contribution in [0.1, 0.15) is 30.9 Å². The first-order valence-electron chi connectivity index (χ1n) is 7.15. The molecule has 1 saturated heterocycles. The van der Waals surface area contributed by atoms with Crippen molar-refractivity contribution >= 4 is 27.5 Å². The summed E-state index contributed by atoms with van der Waals surface area (Å²) in [6.45, 7) is 4.51. The van der Waals surface area contributed by atoms with Gasteiger partial charge in [-0.2, -0.15) is 0 Å². The molecule has 0 bridgehead atoms. The summed E-state index contributed by atoms with van der Waals surface area (Å²) in [4.78, 5) is 2.65. The molecule has 0 amide bonds. The Morgan fingerprint density at radius 3 is 2.58 bits per heavy atom. The van der Waals surface area contributed by atoms with E-state index in [9.17, 15) is 0 Å². The van der Waals surface area contributed by atoms with Crippen LogP contribution >= 0.6 is 27.5 Å². The highest BCUT2D eigenvalue weighted by Crippen LogP contribution is 2.43. The number of hydrogen-bond acceptors (Lipinski definition) is 2. The second-order valence-corrected chi connectivity index (χ2v) is 6.88. The first-order chi connectivity index (χ1) is 9.25. The van der Waals surface area contributed by atoms with E-state index < -0.39 is 0 Å². The summed E-state index contributed by atoms with van der Waals surface area (Å²) in [5, 5.41) is 4.25. The van der Waals surface area contributed by atoms with Crippen molar-refractivity contribution in [2.75, 3.05) is 26.2 Å². The normalized spacial score (nSPS) is 23.1. The molecule has 0 radical (unpaired) electrons. The lowest BCUT2D eigenvalue weighted by Crippen LogP contribution is -2.47. The number of rotatable bonds is 3. The molecule has 2 fully saturated rings. The summed E-state index contributed by atoms with van der Waals surface area (Å²) in [6, 6.07) is 6.82. The van der Waals surface area contributed by atoms with Gasteiger partial charge in [0, 0.05) is 41.7 Å². The summed E-state index contributed by atoms with van der Waals surface area (Å²) in [5.74, 6) is 0.815. The summed E-state index contributed by atoms with van der Waals surface area (Å²) in [5.41, 5.74) is 1.41. The first kappa shape index (κ1) is 13.9. The minimum atomic E-state index is 0.558. The van der Waals surface area contributed by atoms with E-state index in [4.69, 9.17) is 11.6 Å². The maximum Gasteiger partial charge on any atom is 0.0417 e. The molecule has 19 heavy (non-hydrogen) atoms. The third-order valence-electron chi connectivity index (χ3n) is 4.42. The fourth-order valence-corrected chi connectivity index (χ4v) is 4.12. The van der Waals surface area contributed by atoms with Crippen LogP contribution in [0, 0.1) is 5.92 Å². The van der Waals surface area contributed by atoms with Crippen LogP contribution in [0.3, 0.4) is 0 Å². The molecule has 2 nitrogen and oxygen atoms in total. The number of nitrogens with zero attached hydrogens (tertiary/aromatic N) is 1. The predicted octanol–water partition coefficient (Wildman–Crippen LogP) is 3.85. The van der Waals surface area contributed by atoms with E-state index in [0.29, 0.717) is 6.04 Å². The smallest absolute Gasteiger partial charge is 0.0417 e. The van der Waals surface area contributed by atoms with Gasteiger partial charge in [-0.25, -0.2) is 0 Å². The minimum Gasteiger partial charge on any atom is -0.314 e. The first-order valence-corrected chi connectivity index (χ1v) is 8.32. The molecule has 0 aromatic heterocycles. The molecule has 1 heterocycles. The lowest BCUT2D eigenvalue weighted by Gasteiger charge is -2.43. The zero-order valence-corrected chi connectivity index (χ0v) is 13.4. The topological polar surface area (TPSA) is 15.3 Å². The van der Waals surface area contributed by atoms with Crippen molar-refractivity contribution in [2.24, 2.45) is 5.92 Å². The van der Waals surface area contributed by atoms with E-state index >= 15 is 0 Å². The average molecular weight is 344 g/mol. The van der Waals surface area contributed by atoms with Crippen molar-refractivity contribution in [2.45, 2.75) is 25.3 Å². The number of hydrogen-bond donors (Lipinski definition) is 1. The Morgan fingerprint density at radius 1 is 1.26 bits per heavy atom. The maximum atomic E-state index is 6.08. The van der Waals surface area contributed by atoms with E-state index in [2.05, 4.69) is 32.2 Å². The van der Waals surface area contributed by atoms with Gasteiger partial charge in [-0.15, -0.1) is 0 Å². The molecule has 1 aromatic rings. The van der Waals surface area contributed by atoms with Gasteiger partial charge in [-0.3, -0.25) is 4.90 Å². The molecular formula is C15H20BrClN2. The Hall–Kier alpha value is -0.0900. The van der Waals surface area contributed by atoms with Gasteiger partial charge in [0.1, 0.15) is 0 Å². The molecule has 3 rings (SSSR count). The molecule has 1 saturated carbocycles. The highest BCUT2D eigenvalue weighted by atomic mass is 79.9. The number of nitrogens with one attached hydrogen (secondary N) is 1. The summed E-state index contributed by atoms with van der Waals surface area (Å²) in [6.07, 6.45) is 4.12. The fourth-order valence-electron chi connectivity index (χ4n) is 3.21. The van der Waals surface area contributed by atoms with Crippen molar-refractivity contribution in [1.29, 1.82) is 0 Å². The van der Waals surface area contributed by atoms with Crippen LogP contribution in [0.25, 0.3) is 0 Å². The Balaban J connectivity index is 1.88. The summed E-state index contributed by atoms with van der Waals surface area (Å²) < 4.78 is 1.16. The van der Waals surface area contributed by atoms with E-state index in [1.165, 1.54) is 24.8 Å². The molecular weight excluding hydrogens is 324 g/mol. The Labute approximate surface area is 128 Å². The number of piperazine rings is 1. The van der Waals surface area contributed by atoms with Gasteiger partial charge >= 0.3 is 0 Å². The van der Waals surface area contributed by atoms with Gasteiger partial charge in [0.25, 0.3) is 0 Å². The fraction of sp³-hybridized carbons (Fsp3) is 0.600. The molecule has 1 N–H and O–H groups in total. The van der Waals surface area contributed by atoms with Gasteiger partial charge in [0.15, 0.2) is 0 Å². The maximum absolute atomic E-state index is 6.08. The third kappa shape index (κ3) is 2.99. The second kappa shape index (κ2) is 6.13. The largest absolute Gasteiger partial charge is 0.314 e. The Kier molecular flexibility index (Phi) is 4.47. The monoisotopic (exact) mass is 342 g/mol.